The topological polar surface area (TPSA) is 61.8 Å². The van der Waals surface area contributed by atoms with Crippen molar-refractivity contribution >= 4 is 11.6 Å². The van der Waals surface area contributed by atoms with Gasteiger partial charge in [-0.1, -0.05) is 19.1 Å². The number of nitrogens with zero attached hydrogens (tertiary/aromatic N) is 1. The molecule has 0 heterocycles. The lowest BCUT2D eigenvalue weighted by Gasteiger charge is -2.20. The highest BCUT2D eigenvalue weighted by atomic mass is 16.5. The van der Waals surface area contributed by atoms with Crippen molar-refractivity contribution in [3.05, 3.63) is 24.3 Å². The third-order valence-electron chi connectivity index (χ3n) is 2.92. The molecule has 0 fully saturated rings. The molecule has 0 saturated carbocycles. The summed E-state index contributed by atoms with van der Waals surface area (Å²) < 4.78 is 5.20. The van der Waals surface area contributed by atoms with Crippen LogP contribution in [0.15, 0.2) is 24.3 Å². The highest BCUT2D eigenvalue weighted by Crippen LogP contribution is 2.22. The largest absolute Gasteiger partial charge is 0.495 e. The Kier molecular flexibility index (Phi) is 7.69. The van der Waals surface area contributed by atoms with Crippen molar-refractivity contribution in [2.24, 2.45) is 0 Å². The molecule has 0 aliphatic carbocycles. The van der Waals surface area contributed by atoms with Gasteiger partial charge in [0.1, 0.15) is 5.75 Å². The summed E-state index contributed by atoms with van der Waals surface area (Å²) in [7, 11) is 1.58. The van der Waals surface area contributed by atoms with Crippen molar-refractivity contribution in [2.45, 2.75) is 19.8 Å². The number of carbonyl (C=O) groups excluding carboxylic acids is 1. The first kappa shape index (κ1) is 16.5. The van der Waals surface area contributed by atoms with E-state index in [0.717, 1.165) is 19.5 Å². The number of benzene rings is 1. The van der Waals surface area contributed by atoms with Crippen molar-refractivity contribution < 1.29 is 14.6 Å². The van der Waals surface area contributed by atoms with E-state index in [-0.39, 0.29) is 12.5 Å². The molecule has 0 saturated heterocycles. The maximum atomic E-state index is 12.1. The highest BCUT2D eigenvalue weighted by Gasteiger charge is 2.11. The number of nitrogens with one attached hydrogen (secondary N) is 1. The Morgan fingerprint density at radius 1 is 1.35 bits per heavy atom. The van der Waals surface area contributed by atoms with Gasteiger partial charge < -0.3 is 15.2 Å². The molecule has 112 valence electrons. The van der Waals surface area contributed by atoms with Crippen LogP contribution >= 0.6 is 0 Å². The number of amides is 1. The van der Waals surface area contributed by atoms with E-state index < -0.39 is 0 Å². The fourth-order valence-corrected chi connectivity index (χ4v) is 2.02. The lowest BCUT2D eigenvalue weighted by molar-refractivity contribution is -0.117. The number of aliphatic hydroxyl groups is 1. The summed E-state index contributed by atoms with van der Waals surface area (Å²) in [6.45, 7) is 4.12. The van der Waals surface area contributed by atoms with Crippen LogP contribution in [0.4, 0.5) is 5.69 Å². The van der Waals surface area contributed by atoms with Crippen LogP contribution in [0.1, 0.15) is 19.8 Å². The minimum absolute atomic E-state index is 0.0686. The van der Waals surface area contributed by atoms with Gasteiger partial charge in [-0.05, 0) is 31.5 Å². The van der Waals surface area contributed by atoms with Crippen LogP contribution in [0.2, 0.25) is 0 Å². The van der Waals surface area contributed by atoms with E-state index in [1.54, 1.807) is 7.11 Å². The van der Waals surface area contributed by atoms with E-state index in [0.29, 0.717) is 24.4 Å². The Morgan fingerprint density at radius 3 is 2.75 bits per heavy atom. The van der Waals surface area contributed by atoms with Crippen LogP contribution in [0.25, 0.3) is 0 Å². The van der Waals surface area contributed by atoms with Crippen LogP contribution in [0.5, 0.6) is 5.75 Å². The second-order valence-corrected chi connectivity index (χ2v) is 4.60. The van der Waals surface area contributed by atoms with Gasteiger partial charge in [0.05, 0.1) is 19.3 Å². The zero-order valence-corrected chi connectivity index (χ0v) is 12.3. The van der Waals surface area contributed by atoms with Crippen molar-refractivity contribution in [3.63, 3.8) is 0 Å². The lowest BCUT2D eigenvalue weighted by atomic mass is 10.3. The zero-order chi connectivity index (χ0) is 14.8. The fourth-order valence-electron chi connectivity index (χ4n) is 2.02. The van der Waals surface area contributed by atoms with Crippen molar-refractivity contribution in [1.82, 2.24) is 4.90 Å². The first-order valence-electron chi connectivity index (χ1n) is 6.97. The molecule has 20 heavy (non-hydrogen) atoms. The minimum atomic E-state index is -0.0686. The molecule has 1 rings (SSSR count). The first-order chi connectivity index (χ1) is 9.71. The molecule has 1 aromatic carbocycles. The third-order valence-corrected chi connectivity index (χ3v) is 2.92. The van der Waals surface area contributed by atoms with Crippen molar-refractivity contribution in [3.8, 4) is 5.75 Å². The molecule has 0 aliphatic heterocycles. The SMILES string of the molecule is CCCN(CCCO)CC(=O)Nc1ccccc1OC. The summed E-state index contributed by atoms with van der Waals surface area (Å²) >= 11 is 0. The summed E-state index contributed by atoms with van der Waals surface area (Å²) in [5.41, 5.74) is 0.679. The molecule has 5 nitrogen and oxygen atoms in total. The standard InChI is InChI=1S/C15H24N2O3/c1-3-9-17(10-6-11-18)12-15(19)16-13-7-4-5-8-14(13)20-2/h4-5,7-8,18H,3,6,9-12H2,1-2H3,(H,16,19). The number of hydrogen-bond donors (Lipinski definition) is 2. The van der Waals surface area contributed by atoms with Gasteiger partial charge in [0, 0.05) is 13.2 Å². The molecule has 2 N–H and O–H groups in total. The molecule has 1 aromatic rings. The quantitative estimate of drug-likeness (QED) is 0.723. The normalized spacial score (nSPS) is 10.6. The number of ether oxygens (including phenoxy) is 1. The monoisotopic (exact) mass is 280 g/mol. The molecule has 0 spiro atoms. The number of anilines is 1. The van der Waals surface area contributed by atoms with Crippen LogP contribution in [0.3, 0.4) is 0 Å². The Balaban J connectivity index is 2.56. The number of aliphatic hydroxyl groups excluding tert-OH is 1. The number of carbonyl (C=O) groups is 1. The van der Waals surface area contributed by atoms with Crippen molar-refractivity contribution in [1.29, 1.82) is 0 Å². The van der Waals surface area contributed by atoms with Gasteiger partial charge in [-0.3, -0.25) is 9.69 Å². The van der Waals surface area contributed by atoms with E-state index >= 15 is 0 Å². The Bertz CT molecular complexity index is 410. The van der Waals surface area contributed by atoms with Gasteiger partial charge in [-0.15, -0.1) is 0 Å². The van der Waals surface area contributed by atoms with Crippen LogP contribution < -0.4 is 10.1 Å². The second kappa shape index (κ2) is 9.34. The molecule has 0 unspecified atom stereocenters. The van der Waals surface area contributed by atoms with Gasteiger partial charge in [0.25, 0.3) is 0 Å². The predicted octanol–water partition coefficient (Wildman–Crippen LogP) is 1.73. The second-order valence-electron chi connectivity index (χ2n) is 4.60. The van der Waals surface area contributed by atoms with Gasteiger partial charge in [-0.2, -0.15) is 0 Å². The first-order valence-corrected chi connectivity index (χ1v) is 6.97. The molecule has 5 heteroatoms. The molecule has 0 bridgehead atoms. The fraction of sp³-hybridized carbons (Fsp3) is 0.533. The molecule has 0 atom stereocenters. The molecule has 0 aromatic heterocycles. The average molecular weight is 280 g/mol. The molecule has 0 aliphatic rings. The summed E-state index contributed by atoms with van der Waals surface area (Å²) in [5, 5.41) is 11.7. The summed E-state index contributed by atoms with van der Waals surface area (Å²) in [6.07, 6.45) is 1.66. The molecular formula is C15H24N2O3. The molecule has 0 radical (unpaired) electrons. The molecule has 1 amide bonds. The average Bonchev–Trinajstić information content (AvgIpc) is 2.45. The van der Waals surface area contributed by atoms with Crippen LogP contribution in [0, 0.1) is 0 Å². The number of para-hydroxylation sites is 2. The van der Waals surface area contributed by atoms with Crippen LogP contribution in [-0.4, -0.2) is 49.3 Å². The van der Waals surface area contributed by atoms with Gasteiger partial charge in [-0.25, -0.2) is 0 Å². The summed E-state index contributed by atoms with van der Waals surface area (Å²) in [6, 6.07) is 7.34. The summed E-state index contributed by atoms with van der Waals surface area (Å²) in [4.78, 5) is 14.1. The van der Waals surface area contributed by atoms with E-state index in [2.05, 4.69) is 12.2 Å². The minimum Gasteiger partial charge on any atom is -0.495 e. The van der Waals surface area contributed by atoms with E-state index in [1.807, 2.05) is 29.2 Å². The zero-order valence-electron chi connectivity index (χ0n) is 12.3. The summed E-state index contributed by atoms with van der Waals surface area (Å²) in [5.74, 6) is 0.583. The Hall–Kier alpha value is -1.59. The van der Waals surface area contributed by atoms with Crippen molar-refractivity contribution in [2.75, 3.05) is 38.7 Å². The highest BCUT2D eigenvalue weighted by molar-refractivity contribution is 5.93. The Labute approximate surface area is 120 Å². The molecular weight excluding hydrogens is 256 g/mol. The van der Waals surface area contributed by atoms with E-state index in [9.17, 15) is 4.79 Å². The Morgan fingerprint density at radius 2 is 2.10 bits per heavy atom. The predicted molar refractivity (Wildman–Crippen MR) is 80.1 cm³/mol. The van der Waals surface area contributed by atoms with E-state index in [1.165, 1.54) is 0 Å². The van der Waals surface area contributed by atoms with Gasteiger partial charge in [0.15, 0.2) is 0 Å². The maximum Gasteiger partial charge on any atom is 0.238 e. The smallest absolute Gasteiger partial charge is 0.238 e. The lowest BCUT2D eigenvalue weighted by Crippen LogP contribution is -2.35. The van der Waals surface area contributed by atoms with Crippen LogP contribution in [-0.2, 0) is 4.79 Å². The van der Waals surface area contributed by atoms with E-state index in [4.69, 9.17) is 9.84 Å². The number of hydrogen-bond acceptors (Lipinski definition) is 4. The van der Waals surface area contributed by atoms with Gasteiger partial charge in [0.2, 0.25) is 5.91 Å². The third kappa shape index (κ3) is 5.59. The number of rotatable bonds is 9. The van der Waals surface area contributed by atoms with Gasteiger partial charge >= 0.3 is 0 Å². The maximum absolute atomic E-state index is 12.1. The number of methoxy groups -OCH3 is 1.